The minimum atomic E-state index is -4.59. The molecule has 0 spiro atoms. The van der Waals surface area contributed by atoms with E-state index in [0.717, 1.165) is 22.4 Å². The van der Waals surface area contributed by atoms with Crippen LogP contribution >= 0.6 is 0 Å². The molecule has 34 heavy (non-hydrogen) atoms. The van der Waals surface area contributed by atoms with E-state index in [-0.39, 0.29) is 35.3 Å². The Kier molecular flexibility index (Phi) is 4.59. The lowest BCUT2D eigenvalue weighted by atomic mass is 9.92. The zero-order valence-electron chi connectivity index (χ0n) is 19.1. The van der Waals surface area contributed by atoms with E-state index >= 15 is 0 Å². The highest BCUT2D eigenvalue weighted by atomic mass is 19.4. The fourth-order valence-corrected chi connectivity index (χ4v) is 4.91. The summed E-state index contributed by atoms with van der Waals surface area (Å²) in [5.41, 5.74) is -0.485. The number of alkyl halides is 3. The molecule has 1 aromatic carbocycles. The molecule has 180 valence electrons. The lowest BCUT2D eigenvalue weighted by Crippen LogP contribution is -2.38. The number of carbonyl (C=O) groups excluding carboxylic acids is 1. The molecule has 0 saturated carbocycles. The molecule has 2 bridgehead atoms. The summed E-state index contributed by atoms with van der Waals surface area (Å²) in [7, 11) is 1.69. The molecule has 2 aliphatic rings. The first-order chi connectivity index (χ1) is 15.8. The van der Waals surface area contributed by atoms with Crippen molar-refractivity contribution in [3.05, 3.63) is 63.5 Å². The van der Waals surface area contributed by atoms with Crippen LogP contribution in [0.25, 0.3) is 5.69 Å². The number of likely N-dealkylation sites (tertiary alicyclic amines) is 1. The molecule has 11 heteroatoms. The van der Waals surface area contributed by atoms with Gasteiger partial charge in [-0.1, -0.05) is 26.8 Å². The number of halogens is 3. The minimum absolute atomic E-state index is 0.0852. The van der Waals surface area contributed by atoms with E-state index in [4.69, 9.17) is 0 Å². The second-order valence-corrected chi connectivity index (χ2v) is 9.90. The lowest BCUT2D eigenvalue weighted by Gasteiger charge is -2.27. The Morgan fingerprint density at radius 1 is 1.18 bits per heavy atom. The molecule has 5 rings (SSSR count). The average molecular weight is 475 g/mol. The summed E-state index contributed by atoms with van der Waals surface area (Å²) in [6, 6.07) is 5.06. The van der Waals surface area contributed by atoms with Crippen molar-refractivity contribution in [3.63, 3.8) is 0 Å². The Bertz CT molecular complexity index is 1380. The highest BCUT2D eigenvalue weighted by molar-refractivity contribution is 5.93. The van der Waals surface area contributed by atoms with Crippen LogP contribution in [0.5, 0.6) is 5.88 Å². The van der Waals surface area contributed by atoms with Crippen molar-refractivity contribution in [2.24, 2.45) is 7.05 Å². The molecule has 2 aliphatic heterocycles. The van der Waals surface area contributed by atoms with Crippen LogP contribution in [0.3, 0.4) is 0 Å². The van der Waals surface area contributed by atoms with Gasteiger partial charge in [0.1, 0.15) is 11.4 Å². The van der Waals surface area contributed by atoms with Gasteiger partial charge >= 0.3 is 11.9 Å². The molecule has 1 unspecified atom stereocenters. The van der Waals surface area contributed by atoms with Crippen molar-refractivity contribution in [2.45, 2.75) is 50.9 Å². The van der Waals surface area contributed by atoms with Crippen molar-refractivity contribution in [1.29, 1.82) is 0 Å². The first-order valence-corrected chi connectivity index (χ1v) is 10.9. The average Bonchev–Trinajstić information content (AvgIpc) is 3.48. The molecular formula is C23H24F3N5O3. The molecular weight excluding hydrogens is 451 g/mol. The van der Waals surface area contributed by atoms with Gasteiger partial charge in [0.05, 0.1) is 29.0 Å². The summed E-state index contributed by atoms with van der Waals surface area (Å²) in [5.74, 6) is -0.724. The number of aromatic nitrogens is 4. The zero-order valence-corrected chi connectivity index (χ0v) is 19.1. The van der Waals surface area contributed by atoms with Gasteiger partial charge < -0.3 is 10.0 Å². The summed E-state index contributed by atoms with van der Waals surface area (Å²) >= 11 is 0. The van der Waals surface area contributed by atoms with Crippen molar-refractivity contribution < 1.29 is 23.1 Å². The summed E-state index contributed by atoms with van der Waals surface area (Å²) in [5, 5.41) is 15.4. The molecule has 0 radical (unpaired) electrons. The van der Waals surface area contributed by atoms with Crippen LogP contribution in [-0.4, -0.2) is 41.4 Å². The fraction of sp³-hybridized carbons (Fsp3) is 0.435. The van der Waals surface area contributed by atoms with E-state index < -0.39 is 29.4 Å². The number of carbonyl (C=O) groups is 1. The SMILES string of the molecule is Cn1nc(C(C)(C)C)cc1C(=O)N1CC2C[C@@H]1c1c(O)n(-c3cccc(C(F)(F)F)c3)c(=O)n12. The summed E-state index contributed by atoms with van der Waals surface area (Å²) in [6.07, 6.45) is -4.13. The molecule has 2 aromatic heterocycles. The molecule has 0 aliphatic carbocycles. The largest absolute Gasteiger partial charge is 0.493 e. The van der Waals surface area contributed by atoms with Crippen LogP contribution in [-0.2, 0) is 18.6 Å². The maximum absolute atomic E-state index is 13.4. The van der Waals surface area contributed by atoms with Crippen molar-refractivity contribution in [2.75, 3.05) is 6.54 Å². The third kappa shape index (κ3) is 3.17. The number of imidazole rings is 1. The molecule has 1 N–H and O–H groups in total. The van der Waals surface area contributed by atoms with E-state index in [1.807, 2.05) is 20.8 Å². The predicted molar refractivity (Wildman–Crippen MR) is 116 cm³/mol. The molecule has 4 heterocycles. The minimum Gasteiger partial charge on any atom is -0.493 e. The summed E-state index contributed by atoms with van der Waals surface area (Å²) in [6.45, 7) is 6.25. The Morgan fingerprint density at radius 2 is 1.88 bits per heavy atom. The second kappa shape index (κ2) is 7.00. The Labute approximate surface area is 192 Å². The highest BCUT2D eigenvalue weighted by Crippen LogP contribution is 2.49. The normalized spacial score (nSPS) is 19.7. The Hall–Kier alpha value is -3.50. The molecule has 8 nitrogen and oxygen atoms in total. The van der Waals surface area contributed by atoms with Gasteiger partial charge in [-0.3, -0.25) is 14.0 Å². The van der Waals surface area contributed by atoms with Crippen LogP contribution in [0.15, 0.2) is 35.1 Å². The van der Waals surface area contributed by atoms with Crippen LogP contribution in [0, 0.1) is 0 Å². The lowest BCUT2D eigenvalue weighted by molar-refractivity contribution is -0.137. The Balaban J connectivity index is 1.54. The monoisotopic (exact) mass is 475 g/mol. The van der Waals surface area contributed by atoms with Crippen LogP contribution in [0.4, 0.5) is 13.2 Å². The van der Waals surface area contributed by atoms with Gasteiger partial charge in [-0.25, -0.2) is 9.36 Å². The maximum atomic E-state index is 13.4. The fourth-order valence-electron chi connectivity index (χ4n) is 4.91. The maximum Gasteiger partial charge on any atom is 0.416 e. The van der Waals surface area contributed by atoms with Crippen LogP contribution < -0.4 is 5.69 Å². The number of aromatic hydroxyl groups is 1. The molecule has 1 amide bonds. The quantitative estimate of drug-likeness (QED) is 0.615. The van der Waals surface area contributed by atoms with E-state index in [9.17, 15) is 27.9 Å². The number of benzene rings is 1. The number of rotatable bonds is 2. The first-order valence-electron chi connectivity index (χ1n) is 10.9. The number of amides is 1. The van der Waals surface area contributed by atoms with Crippen molar-refractivity contribution in [3.8, 4) is 11.6 Å². The predicted octanol–water partition coefficient (Wildman–Crippen LogP) is 3.54. The van der Waals surface area contributed by atoms with Gasteiger partial charge in [-0.15, -0.1) is 0 Å². The molecule has 1 saturated heterocycles. The van der Waals surface area contributed by atoms with Gasteiger partial charge in [-0.05, 0) is 30.7 Å². The third-order valence-corrected chi connectivity index (χ3v) is 6.62. The van der Waals surface area contributed by atoms with E-state index in [0.29, 0.717) is 12.1 Å². The number of fused-ring (bicyclic) bond motifs is 5. The number of hydrogen-bond acceptors (Lipinski definition) is 4. The van der Waals surface area contributed by atoms with Gasteiger partial charge in [0.15, 0.2) is 0 Å². The van der Waals surface area contributed by atoms with E-state index in [2.05, 4.69) is 5.10 Å². The molecule has 2 atom stereocenters. The third-order valence-electron chi connectivity index (χ3n) is 6.62. The van der Waals surface area contributed by atoms with E-state index in [1.54, 1.807) is 18.0 Å². The highest BCUT2D eigenvalue weighted by Gasteiger charge is 2.49. The standard InChI is InChI=1S/C23H24F3N5O3/c1-22(2,3)17-10-16(28(4)27-17)19(32)29-11-14-9-15(29)18-20(33)31(21(34)30(14)18)13-7-5-6-12(8-13)23(24,25)26/h5-8,10,14-15,33H,9,11H2,1-4H3/t14?,15-/m1/s1. The summed E-state index contributed by atoms with van der Waals surface area (Å²) < 4.78 is 43.3. The smallest absolute Gasteiger partial charge is 0.416 e. The second-order valence-electron chi connectivity index (χ2n) is 9.90. The van der Waals surface area contributed by atoms with Gasteiger partial charge in [-0.2, -0.15) is 18.3 Å². The summed E-state index contributed by atoms with van der Waals surface area (Å²) in [4.78, 5) is 28.1. The number of nitrogens with zero attached hydrogens (tertiary/aromatic N) is 5. The van der Waals surface area contributed by atoms with Crippen LogP contribution in [0.1, 0.15) is 66.7 Å². The number of hydrogen-bond donors (Lipinski definition) is 1. The topological polar surface area (TPSA) is 85.3 Å². The van der Waals surface area contributed by atoms with Gasteiger partial charge in [0.25, 0.3) is 5.91 Å². The van der Waals surface area contributed by atoms with Gasteiger partial charge in [0.2, 0.25) is 5.88 Å². The van der Waals surface area contributed by atoms with Gasteiger partial charge in [0, 0.05) is 19.0 Å². The molecule has 3 aromatic rings. The molecule has 1 fully saturated rings. The first kappa shape index (κ1) is 22.3. The Morgan fingerprint density at radius 3 is 2.50 bits per heavy atom. The van der Waals surface area contributed by atoms with E-state index in [1.165, 1.54) is 21.4 Å². The van der Waals surface area contributed by atoms with Crippen LogP contribution in [0.2, 0.25) is 0 Å². The zero-order chi connectivity index (χ0) is 24.7. The number of aryl methyl sites for hydroxylation is 1. The van der Waals surface area contributed by atoms with Crippen molar-refractivity contribution >= 4 is 5.91 Å². The van der Waals surface area contributed by atoms with Crippen molar-refractivity contribution in [1.82, 2.24) is 23.8 Å².